The topological polar surface area (TPSA) is 71.5 Å². The lowest BCUT2D eigenvalue weighted by molar-refractivity contribution is -0.119. The third-order valence-corrected chi connectivity index (χ3v) is 3.95. The number of esters is 1. The first kappa shape index (κ1) is 19.7. The fraction of sp³-hybridized carbons (Fsp3) is 0.316. The smallest absolute Gasteiger partial charge is 0.338 e. The Bertz CT molecular complexity index is 763. The van der Waals surface area contributed by atoms with E-state index in [0.29, 0.717) is 11.7 Å². The largest absolute Gasteiger partial charge is 0.452 e. The molecule has 26 heavy (non-hydrogen) atoms. The molecule has 2 aromatic rings. The first-order valence-corrected chi connectivity index (χ1v) is 8.73. The highest BCUT2D eigenvalue weighted by Gasteiger charge is 2.12. The van der Waals surface area contributed by atoms with Gasteiger partial charge in [-0.05, 0) is 57.2 Å². The molecular weight excluding hydrogens is 354 g/mol. The number of hydrogen-bond donors (Lipinski definition) is 1. The van der Waals surface area contributed by atoms with Crippen molar-refractivity contribution in [3.8, 4) is 0 Å². The van der Waals surface area contributed by atoms with Crippen LogP contribution in [0.25, 0.3) is 0 Å². The Balaban J connectivity index is 1.88. The van der Waals surface area contributed by atoms with Gasteiger partial charge in [0.05, 0.1) is 5.56 Å². The number of amides is 1. The van der Waals surface area contributed by atoms with E-state index in [4.69, 9.17) is 16.3 Å². The van der Waals surface area contributed by atoms with Crippen molar-refractivity contribution in [2.75, 3.05) is 23.4 Å². The maximum atomic E-state index is 12.0. The molecule has 7 heteroatoms. The summed E-state index contributed by atoms with van der Waals surface area (Å²) in [7, 11) is 0. The molecule has 6 nitrogen and oxygen atoms in total. The summed E-state index contributed by atoms with van der Waals surface area (Å²) in [5.41, 5.74) is 1.97. The number of rotatable bonds is 7. The van der Waals surface area contributed by atoms with Crippen LogP contribution in [0.15, 0.2) is 42.6 Å². The van der Waals surface area contributed by atoms with Crippen molar-refractivity contribution in [3.05, 3.63) is 53.3 Å². The highest BCUT2D eigenvalue weighted by Crippen LogP contribution is 2.19. The Morgan fingerprint density at radius 1 is 1.23 bits per heavy atom. The van der Waals surface area contributed by atoms with Crippen LogP contribution < -0.4 is 10.2 Å². The van der Waals surface area contributed by atoms with Crippen LogP contribution in [-0.2, 0) is 9.53 Å². The van der Waals surface area contributed by atoms with Crippen LogP contribution in [0.4, 0.5) is 11.4 Å². The SMILES string of the molecule is CCN(c1ccc(NC(=O)COC(=O)c2ccnc(Cl)c2)cc1)C(C)C. The van der Waals surface area contributed by atoms with Crippen LogP contribution in [0.2, 0.25) is 5.15 Å². The molecule has 0 aliphatic rings. The molecule has 1 aromatic carbocycles. The van der Waals surface area contributed by atoms with Crippen LogP contribution in [-0.4, -0.2) is 36.1 Å². The van der Waals surface area contributed by atoms with Gasteiger partial charge < -0.3 is 15.0 Å². The molecule has 1 N–H and O–H groups in total. The van der Waals surface area contributed by atoms with Gasteiger partial charge in [-0.3, -0.25) is 4.79 Å². The lowest BCUT2D eigenvalue weighted by atomic mass is 10.2. The molecule has 0 bridgehead atoms. The second-order valence-corrected chi connectivity index (χ2v) is 6.31. The maximum absolute atomic E-state index is 12.0. The van der Waals surface area contributed by atoms with E-state index in [0.717, 1.165) is 12.2 Å². The summed E-state index contributed by atoms with van der Waals surface area (Å²) in [6.07, 6.45) is 1.40. The molecule has 138 valence electrons. The Morgan fingerprint density at radius 3 is 2.50 bits per heavy atom. The maximum Gasteiger partial charge on any atom is 0.338 e. The monoisotopic (exact) mass is 375 g/mol. The summed E-state index contributed by atoms with van der Waals surface area (Å²) < 4.78 is 4.98. The Kier molecular flexibility index (Phi) is 6.97. The van der Waals surface area contributed by atoms with Gasteiger partial charge in [-0.25, -0.2) is 9.78 Å². The zero-order valence-electron chi connectivity index (χ0n) is 15.0. The van der Waals surface area contributed by atoms with Crippen LogP contribution in [0.1, 0.15) is 31.1 Å². The standard InChI is InChI=1S/C19H22ClN3O3/c1-4-23(13(2)3)16-7-5-15(6-8-16)22-18(24)12-26-19(25)14-9-10-21-17(20)11-14/h5-11,13H,4,12H2,1-3H3,(H,22,24). The molecule has 0 spiro atoms. The predicted octanol–water partition coefficient (Wildman–Crippen LogP) is 3.77. The highest BCUT2D eigenvalue weighted by atomic mass is 35.5. The van der Waals surface area contributed by atoms with E-state index in [-0.39, 0.29) is 17.3 Å². The summed E-state index contributed by atoms with van der Waals surface area (Å²) in [4.78, 5) is 29.9. The number of anilines is 2. The summed E-state index contributed by atoms with van der Waals surface area (Å²) in [6.45, 7) is 6.87. The Hall–Kier alpha value is -2.60. The van der Waals surface area contributed by atoms with Crippen LogP contribution >= 0.6 is 11.6 Å². The number of nitrogens with one attached hydrogen (secondary N) is 1. The minimum absolute atomic E-state index is 0.187. The quantitative estimate of drug-likeness (QED) is 0.589. The molecule has 2 rings (SSSR count). The highest BCUT2D eigenvalue weighted by molar-refractivity contribution is 6.29. The minimum atomic E-state index is -0.629. The first-order valence-electron chi connectivity index (χ1n) is 8.36. The van der Waals surface area contributed by atoms with Crippen molar-refractivity contribution in [1.82, 2.24) is 4.98 Å². The Labute approximate surface area is 158 Å². The number of halogens is 1. The predicted molar refractivity (Wildman–Crippen MR) is 103 cm³/mol. The van der Waals surface area contributed by atoms with Crippen molar-refractivity contribution >= 4 is 34.9 Å². The fourth-order valence-electron chi connectivity index (χ4n) is 2.52. The fourth-order valence-corrected chi connectivity index (χ4v) is 2.70. The summed E-state index contributed by atoms with van der Waals surface area (Å²) in [5.74, 6) is -1.04. The van der Waals surface area contributed by atoms with E-state index in [1.807, 2.05) is 24.3 Å². The number of hydrogen-bond acceptors (Lipinski definition) is 5. The van der Waals surface area contributed by atoms with Crippen molar-refractivity contribution in [2.24, 2.45) is 0 Å². The van der Waals surface area contributed by atoms with E-state index >= 15 is 0 Å². The molecule has 0 radical (unpaired) electrons. The van der Waals surface area contributed by atoms with Gasteiger partial charge in [0, 0.05) is 30.2 Å². The molecule has 1 amide bonds. The summed E-state index contributed by atoms with van der Waals surface area (Å²) in [6, 6.07) is 10.8. The van der Waals surface area contributed by atoms with E-state index < -0.39 is 11.9 Å². The zero-order chi connectivity index (χ0) is 19.1. The molecule has 0 aliphatic carbocycles. The first-order chi connectivity index (χ1) is 12.4. The number of benzene rings is 1. The molecular formula is C19H22ClN3O3. The minimum Gasteiger partial charge on any atom is -0.452 e. The number of pyridine rings is 1. The van der Waals surface area contributed by atoms with Crippen molar-refractivity contribution in [2.45, 2.75) is 26.8 Å². The molecule has 0 atom stereocenters. The molecule has 0 unspecified atom stereocenters. The van der Waals surface area contributed by atoms with Gasteiger partial charge in [0.25, 0.3) is 5.91 Å². The second kappa shape index (κ2) is 9.20. The molecule has 1 heterocycles. The number of ether oxygens (including phenoxy) is 1. The van der Waals surface area contributed by atoms with Crippen LogP contribution in [0.5, 0.6) is 0 Å². The number of aromatic nitrogens is 1. The second-order valence-electron chi connectivity index (χ2n) is 5.92. The van der Waals surface area contributed by atoms with Crippen molar-refractivity contribution < 1.29 is 14.3 Å². The van der Waals surface area contributed by atoms with E-state index in [1.54, 1.807) is 0 Å². The Morgan fingerprint density at radius 2 is 1.92 bits per heavy atom. The van der Waals surface area contributed by atoms with Gasteiger partial charge in [-0.1, -0.05) is 11.6 Å². The zero-order valence-corrected chi connectivity index (χ0v) is 15.8. The van der Waals surface area contributed by atoms with Gasteiger partial charge in [0.2, 0.25) is 0 Å². The van der Waals surface area contributed by atoms with Crippen LogP contribution in [0, 0.1) is 0 Å². The lowest BCUT2D eigenvalue weighted by Crippen LogP contribution is -2.30. The average molecular weight is 376 g/mol. The molecule has 0 saturated carbocycles. The molecule has 0 fully saturated rings. The number of carbonyl (C=O) groups is 2. The van der Waals surface area contributed by atoms with Gasteiger partial charge in [-0.15, -0.1) is 0 Å². The third kappa shape index (κ3) is 5.46. The van der Waals surface area contributed by atoms with Gasteiger partial charge in [-0.2, -0.15) is 0 Å². The van der Waals surface area contributed by atoms with E-state index in [9.17, 15) is 9.59 Å². The van der Waals surface area contributed by atoms with Gasteiger partial charge in [0.1, 0.15) is 5.15 Å². The van der Waals surface area contributed by atoms with Gasteiger partial charge in [0.15, 0.2) is 6.61 Å². The van der Waals surface area contributed by atoms with Crippen LogP contribution in [0.3, 0.4) is 0 Å². The summed E-state index contributed by atoms with van der Waals surface area (Å²) >= 11 is 5.72. The van der Waals surface area contributed by atoms with Gasteiger partial charge >= 0.3 is 5.97 Å². The molecule has 0 saturated heterocycles. The lowest BCUT2D eigenvalue weighted by Gasteiger charge is -2.27. The van der Waals surface area contributed by atoms with E-state index in [1.165, 1.54) is 18.3 Å². The normalized spacial score (nSPS) is 10.5. The summed E-state index contributed by atoms with van der Waals surface area (Å²) in [5, 5.41) is 2.89. The molecule has 0 aliphatic heterocycles. The van der Waals surface area contributed by atoms with E-state index in [2.05, 4.69) is 36.0 Å². The van der Waals surface area contributed by atoms with Crippen molar-refractivity contribution in [3.63, 3.8) is 0 Å². The number of nitrogens with zero attached hydrogens (tertiary/aromatic N) is 2. The average Bonchev–Trinajstić information content (AvgIpc) is 2.61. The van der Waals surface area contributed by atoms with Crippen molar-refractivity contribution in [1.29, 1.82) is 0 Å². The number of carbonyl (C=O) groups excluding carboxylic acids is 2. The third-order valence-electron chi connectivity index (χ3n) is 3.74. The molecule has 1 aromatic heterocycles.